The van der Waals surface area contributed by atoms with Crippen molar-refractivity contribution in [3.8, 4) is 0 Å². The molecule has 0 spiro atoms. The number of thiol groups is 1. The van der Waals surface area contributed by atoms with Crippen molar-refractivity contribution in [2.24, 2.45) is 5.41 Å². The number of aliphatic carboxylic acids is 1. The summed E-state index contributed by atoms with van der Waals surface area (Å²) < 4.78 is 0. The molecule has 18 heavy (non-hydrogen) atoms. The van der Waals surface area contributed by atoms with Gasteiger partial charge in [-0.05, 0) is 6.42 Å². The van der Waals surface area contributed by atoms with Crippen LogP contribution < -0.4 is 0 Å². The molecule has 6 heteroatoms. The third kappa shape index (κ3) is 15.7. The molecule has 0 aliphatic rings. The Morgan fingerprint density at radius 2 is 1.39 bits per heavy atom. The highest BCUT2D eigenvalue weighted by Gasteiger charge is 2.24. The zero-order valence-electron chi connectivity index (χ0n) is 11.6. The molecule has 0 bridgehead atoms. The largest absolute Gasteiger partial charge is 0.481 e. The predicted octanol–water partition coefficient (Wildman–Crippen LogP) is 1.17. The van der Waals surface area contributed by atoms with Crippen molar-refractivity contribution < 1.29 is 25.2 Å². The highest BCUT2D eigenvalue weighted by Crippen LogP contribution is 2.18. The normalized spacial score (nSPS) is 9.72. The number of aliphatic hydroxyl groups is 3. The molecule has 0 saturated carbocycles. The summed E-state index contributed by atoms with van der Waals surface area (Å²) in [6, 6.07) is 0. The van der Waals surface area contributed by atoms with E-state index < -0.39 is 11.4 Å². The lowest BCUT2D eigenvalue weighted by Gasteiger charge is -2.24. The van der Waals surface area contributed by atoms with Crippen LogP contribution in [0.15, 0.2) is 0 Å². The first-order chi connectivity index (χ1) is 8.43. The van der Waals surface area contributed by atoms with E-state index in [4.69, 9.17) is 20.4 Å². The number of carbonyl (C=O) groups is 1. The van der Waals surface area contributed by atoms with Crippen LogP contribution >= 0.6 is 12.6 Å². The summed E-state index contributed by atoms with van der Waals surface area (Å²) >= 11 is 3.68. The van der Waals surface area contributed by atoms with Crippen molar-refractivity contribution in [2.45, 2.75) is 40.0 Å². The number of hydrogen-bond donors (Lipinski definition) is 5. The Kier molecular flexibility index (Phi) is 21.2. The first-order valence-corrected chi connectivity index (χ1v) is 6.71. The summed E-state index contributed by atoms with van der Waals surface area (Å²) in [4.78, 5) is 9.55. The Bertz CT molecular complexity index is 154. The van der Waals surface area contributed by atoms with Gasteiger partial charge in [-0.15, -0.1) is 0 Å². The molecule has 0 amide bonds. The molecule has 0 saturated heterocycles. The lowest BCUT2D eigenvalue weighted by atomic mass is 9.88. The van der Waals surface area contributed by atoms with Crippen LogP contribution in [-0.4, -0.2) is 52.0 Å². The fourth-order valence-corrected chi connectivity index (χ4v) is 0.772. The van der Waals surface area contributed by atoms with Gasteiger partial charge in [0, 0.05) is 11.2 Å². The molecule has 112 valence electrons. The minimum absolute atomic E-state index is 0.156. The molecule has 0 rings (SSSR count). The summed E-state index contributed by atoms with van der Waals surface area (Å²) in [5.74, 6) is -0.361. The Morgan fingerprint density at radius 3 is 1.39 bits per heavy atom. The molecule has 0 aliphatic heterocycles. The monoisotopic (exact) mass is 284 g/mol. The summed E-state index contributed by atoms with van der Waals surface area (Å²) in [6.07, 6.45) is 2.00. The molecule has 0 unspecified atom stereocenters. The maximum absolute atomic E-state index is 9.55. The summed E-state index contributed by atoms with van der Waals surface area (Å²) in [5, 5.41) is 33.8. The molecule has 5 nitrogen and oxygen atoms in total. The standard InChI is InChI=1S/C6H14O3.C3H6O2S.C3H8/c1-2-6(3-7,4-8)5-9;4-3(5)1-2-6;1-3-2/h7-9H,2-5H2,1H3;6H,1-2H2,(H,4,5);3H2,1-2H3. The van der Waals surface area contributed by atoms with Gasteiger partial charge in [0.1, 0.15) is 0 Å². The fraction of sp³-hybridized carbons (Fsp3) is 0.917. The molecular weight excluding hydrogens is 256 g/mol. The number of hydrogen-bond acceptors (Lipinski definition) is 5. The molecule has 0 atom stereocenters. The van der Waals surface area contributed by atoms with Crippen molar-refractivity contribution in [1.82, 2.24) is 0 Å². The topological polar surface area (TPSA) is 98.0 Å². The van der Waals surface area contributed by atoms with Crippen LogP contribution in [0.3, 0.4) is 0 Å². The van der Waals surface area contributed by atoms with Gasteiger partial charge in [-0.2, -0.15) is 12.6 Å². The van der Waals surface area contributed by atoms with Crippen LogP contribution in [0.5, 0.6) is 0 Å². The minimum atomic E-state index is -0.787. The number of aliphatic hydroxyl groups excluding tert-OH is 3. The summed E-state index contributed by atoms with van der Waals surface area (Å²) in [7, 11) is 0. The van der Waals surface area contributed by atoms with Gasteiger partial charge in [0.25, 0.3) is 0 Å². The van der Waals surface area contributed by atoms with Crippen LogP contribution in [0.4, 0.5) is 0 Å². The van der Waals surface area contributed by atoms with Crippen LogP contribution in [0.25, 0.3) is 0 Å². The second kappa shape index (κ2) is 16.7. The maximum Gasteiger partial charge on any atom is 0.304 e. The SMILES string of the molecule is CCC.CCC(CO)(CO)CO.O=C(O)CCS. The van der Waals surface area contributed by atoms with Crippen LogP contribution in [0, 0.1) is 5.41 Å². The quantitative estimate of drug-likeness (QED) is 0.472. The van der Waals surface area contributed by atoms with Crippen LogP contribution in [0.1, 0.15) is 40.0 Å². The number of rotatable bonds is 6. The van der Waals surface area contributed by atoms with E-state index in [0.29, 0.717) is 12.2 Å². The molecule has 0 aromatic carbocycles. The van der Waals surface area contributed by atoms with E-state index in [1.807, 2.05) is 6.92 Å². The summed E-state index contributed by atoms with van der Waals surface area (Å²) in [6.45, 7) is 5.60. The highest BCUT2D eigenvalue weighted by atomic mass is 32.1. The van der Waals surface area contributed by atoms with E-state index in [2.05, 4.69) is 26.5 Å². The maximum atomic E-state index is 9.55. The van der Waals surface area contributed by atoms with E-state index in [-0.39, 0.29) is 26.2 Å². The van der Waals surface area contributed by atoms with Crippen molar-refractivity contribution in [2.75, 3.05) is 25.6 Å². The van der Waals surface area contributed by atoms with Crippen molar-refractivity contribution in [3.63, 3.8) is 0 Å². The van der Waals surface area contributed by atoms with E-state index in [1.165, 1.54) is 6.42 Å². The second-order valence-electron chi connectivity index (χ2n) is 3.90. The van der Waals surface area contributed by atoms with Crippen molar-refractivity contribution >= 4 is 18.6 Å². The van der Waals surface area contributed by atoms with E-state index >= 15 is 0 Å². The molecule has 0 aliphatic carbocycles. The molecular formula is C12H28O5S. The Morgan fingerprint density at radius 1 is 1.06 bits per heavy atom. The van der Waals surface area contributed by atoms with Gasteiger partial charge < -0.3 is 20.4 Å². The Balaban J connectivity index is -0.000000216. The number of carboxylic acid groups (broad SMARTS) is 1. The molecule has 0 heterocycles. The van der Waals surface area contributed by atoms with Gasteiger partial charge in [0.05, 0.1) is 26.2 Å². The zero-order chi connectivity index (χ0) is 15.0. The molecule has 0 aromatic rings. The van der Waals surface area contributed by atoms with Gasteiger partial charge in [0.15, 0.2) is 0 Å². The van der Waals surface area contributed by atoms with E-state index in [1.54, 1.807) is 0 Å². The van der Waals surface area contributed by atoms with Crippen molar-refractivity contribution in [3.05, 3.63) is 0 Å². The summed E-state index contributed by atoms with van der Waals surface area (Å²) in [5.41, 5.74) is -0.667. The average Bonchev–Trinajstić information content (AvgIpc) is 2.34. The lowest BCUT2D eigenvalue weighted by molar-refractivity contribution is -0.136. The Labute approximate surface area is 115 Å². The average molecular weight is 284 g/mol. The first kappa shape index (κ1) is 22.8. The van der Waals surface area contributed by atoms with Gasteiger partial charge in [-0.3, -0.25) is 4.79 Å². The molecule has 4 N–H and O–H groups in total. The third-order valence-electron chi connectivity index (χ3n) is 2.08. The first-order valence-electron chi connectivity index (χ1n) is 6.08. The van der Waals surface area contributed by atoms with Crippen molar-refractivity contribution in [1.29, 1.82) is 0 Å². The molecule has 0 fully saturated rings. The van der Waals surface area contributed by atoms with Crippen LogP contribution in [-0.2, 0) is 4.79 Å². The van der Waals surface area contributed by atoms with Gasteiger partial charge in [0.2, 0.25) is 0 Å². The Hall–Kier alpha value is -0.300. The van der Waals surface area contributed by atoms with Gasteiger partial charge >= 0.3 is 5.97 Å². The van der Waals surface area contributed by atoms with E-state index in [0.717, 1.165) is 0 Å². The smallest absolute Gasteiger partial charge is 0.304 e. The van der Waals surface area contributed by atoms with Gasteiger partial charge in [-0.1, -0.05) is 27.2 Å². The predicted molar refractivity (Wildman–Crippen MR) is 76.1 cm³/mol. The zero-order valence-corrected chi connectivity index (χ0v) is 12.5. The second-order valence-corrected chi connectivity index (χ2v) is 4.35. The molecule has 0 aromatic heterocycles. The molecule has 0 radical (unpaired) electrons. The van der Waals surface area contributed by atoms with E-state index in [9.17, 15) is 4.79 Å². The lowest BCUT2D eigenvalue weighted by Crippen LogP contribution is -2.32. The van der Waals surface area contributed by atoms with Crippen LogP contribution in [0.2, 0.25) is 0 Å². The minimum Gasteiger partial charge on any atom is -0.481 e. The fourth-order valence-electron chi connectivity index (χ4n) is 0.581. The van der Waals surface area contributed by atoms with Gasteiger partial charge in [-0.25, -0.2) is 0 Å². The third-order valence-corrected chi connectivity index (χ3v) is 2.31. The highest BCUT2D eigenvalue weighted by molar-refractivity contribution is 7.80. The number of carboxylic acids is 1.